The van der Waals surface area contributed by atoms with Gasteiger partial charge in [-0.15, -0.1) is 0 Å². The van der Waals surface area contributed by atoms with Crippen LogP contribution in [0.1, 0.15) is 36.2 Å². The number of primary amides is 1. The summed E-state index contributed by atoms with van der Waals surface area (Å²) >= 11 is 0. The topological polar surface area (TPSA) is 89.4 Å². The maximum Gasteiger partial charge on any atom is 0.248 e. The van der Waals surface area contributed by atoms with E-state index in [2.05, 4.69) is 0 Å². The first-order valence-corrected chi connectivity index (χ1v) is 6.70. The van der Waals surface area contributed by atoms with Gasteiger partial charge in [0.25, 0.3) is 0 Å². The van der Waals surface area contributed by atoms with Gasteiger partial charge in [0, 0.05) is 19.2 Å². The van der Waals surface area contributed by atoms with Crippen LogP contribution in [0, 0.1) is 5.92 Å². The first-order valence-electron chi connectivity index (χ1n) is 6.70. The Morgan fingerprint density at radius 1 is 1.20 bits per heavy atom. The van der Waals surface area contributed by atoms with E-state index in [0.717, 1.165) is 5.56 Å². The summed E-state index contributed by atoms with van der Waals surface area (Å²) in [5, 5.41) is 0. The Hall–Kier alpha value is -1.88. The normalized spacial score (nSPS) is 12.2. The Balaban J connectivity index is 2.63. The zero-order chi connectivity index (χ0) is 15.3. The third-order valence-corrected chi connectivity index (χ3v) is 3.08. The second kappa shape index (κ2) is 7.05. The molecule has 0 fully saturated rings. The van der Waals surface area contributed by atoms with Crippen molar-refractivity contribution in [1.82, 2.24) is 4.90 Å². The predicted octanol–water partition coefficient (Wildman–Crippen LogP) is 1.12. The van der Waals surface area contributed by atoms with E-state index in [1.54, 1.807) is 36.2 Å². The molecule has 5 heteroatoms. The molecule has 1 aromatic carbocycles. The van der Waals surface area contributed by atoms with E-state index in [9.17, 15) is 9.59 Å². The van der Waals surface area contributed by atoms with Crippen LogP contribution in [-0.2, 0) is 11.3 Å². The van der Waals surface area contributed by atoms with Crippen LogP contribution in [-0.4, -0.2) is 29.8 Å². The van der Waals surface area contributed by atoms with Crippen molar-refractivity contribution in [3.63, 3.8) is 0 Å². The lowest BCUT2D eigenvalue weighted by molar-refractivity contribution is -0.132. The summed E-state index contributed by atoms with van der Waals surface area (Å²) < 4.78 is 0. The number of carbonyl (C=O) groups is 2. The van der Waals surface area contributed by atoms with Crippen LogP contribution in [0.25, 0.3) is 0 Å². The molecule has 0 bridgehead atoms. The number of nitrogens with zero attached hydrogens (tertiary/aromatic N) is 1. The van der Waals surface area contributed by atoms with Crippen LogP contribution < -0.4 is 11.5 Å². The zero-order valence-electron chi connectivity index (χ0n) is 12.3. The maximum atomic E-state index is 12.1. The molecule has 2 amide bonds. The van der Waals surface area contributed by atoms with Gasteiger partial charge in [-0.2, -0.15) is 0 Å². The van der Waals surface area contributed by atoms with Gasteiger partial charge in [0.05, 0.1) is 6.04 Å². The molecule has 0 radical (unpaired) electrons. The van der Waals surface area contributed by atoms with Gasteiger partial charge >= 0.3 is 0 Å². The van der Waals surface area contributed by atoms with Crippen LogP contribution in [0.15, 0.2) is 24.3 Å². The molecule has 0 aliphatic heterocycles. The molecule has 5 nitrogen and oxygen atoms in total. The van der Waals surface area contributed by atoms with E-state index in [4.69, 9.17) is 11.5 Å². The van der Waals surface area contributed by atoms with Crippen molar-refractivity contribution in [2.75, 3.05) is 7.05 Å². The average molecular weight is 277 g/mol. The van der Waals surface area contributed by atoms with Crippen molar-refractivity contribution in [3.8, 4) is 0 Å². The Morgan fingerprint density at radius 2 is 1.75 bits per heavy atom. The SMILES string of the molecule is CC(C)CC(N)C(=O)N(C)Cc1ccc(C(N)=O)cc1. The summed E-state index contributed by atoms with van der Waals surface area (Å²) in [5.41, 5.74) is 12.5. The van der Waals surface area contributed by atoms with Crippen LogP contribution in [0.5, 0.6) is 0 Å². The van der Waals surface area contributed by atoms with Crippen LogP contribution in [0.3, 0.4) is 0 Å². The minimum atomic E-state index is -0.468. The highest BCUT2D eigenvalue weighted by Gasteiger charge is 2.19. The van der Waals surface area contributed by atoms with Gasteiger partial charge in [-0.1, -0.05) is 26.0 Å². The molecule has 0 heterocycles. The minimum absolute atomic E-state index is 0.0716. The highest BCUT2D eigenvalue weighted by Crippen LogP contribution is 2.09. The van der Waals surface area contributed by atoms with Crippen molar-refractivity contribution in [2.45, 2.75) is 32.9 Å². The van der Waals surface area contributed by atoms with Gasteiger partial charge in [0.2, 0.25) is 11.8 Å². The second-order valence-electron chi connectivity index (χ2n) is 5.49. The number of hydrogen-bond acceptors (Lipinski definition) is 3. The highest BCUT2D eigenvalue weighted by atomic mass is 16.2. The molecule has 20 heavy (non-hydrogen) atoms. The molecule has 0 aliphatic carbocycles. The smallest absolute Gasteiger partial charge is 0.248 e. The van der Waals surface area contributed by atoms with Gasteiger partial charge in [0.1, 0.15) is 0 Å². The fourth-order valence-electron chi connectivity index (χ4n) is 2.02. The van der Waals surface area contributed by atoms with Gasteiger partial charge < -0.3 is 16.4 Å². The van der Waals surface area contributed by atoms with Crippen LogP contribution >= 0.6 is 0 Å². The summed E-state index contributed by atoms with van der Waals surface area (Å²) in [5.74, 6) is -0.144. The number of hydrogen-bond donors (Lipinski definition) is 2. The van der Waals surface area contributed by atoms with E-state index < -0.39 is 11.9 Å². The summed E-state index contributed by atoms with van der Waals surface area (Å²) in [6, 6.07) is 6.42. The third kappa shape index (κ3) is 4.66. The molecule has 1 unspecified atom stereocenters. The molecule has 1 aromatic rings. The highest BCUT2D eigenvalue weighted by molar-refractivity contribution is 5.92. The Kier molecular flexibility index (Phi) is 5.70. The van der Waals surface area contributed by atoms with Crippen molar-refractivity contribution in [1.29, 1.82) is 0 Å². The standard InChI is InChI=1S/C15H23N3O2/c1-10(2)8-13(16)15(20)18(3)9-11-4-6-12(7-5-11)14(17)19/h4-7,10,13H,8-9,16H2,1-3H3,(H2,17,19). The first-order chi connectivity index (χ1) is 9.31. The van der Waals surface area contributed by atoms with Crippen molar-refractivity contribution < 1.29 is 9.59 Å². The molecule has 0 aromatic heterocycles. The molecule has 0 saturated carbocycles. The molecule has 110 valence electrons. The largest absolute Gasteiger partial charge is 0.366 e. The Morgan fingerprint density at radius 3 is 2.20 bits per heavy atom. The fraction of sp³-hybridized carbons (Fsp3) is 0.467. The molecular formula is C15H23N3O2. The fourth-order valence-corrected chi connectivity index (χ4v) is 2.02. The van der Waals surface area contributed by atoms with E-state index in [0.29, 0.717) is 24.4 Å². The van der Waals surface area contributed by atoms with Crippen LogP contribution in [0.4, 0.5) is 0 Å². The molecular weight excluding hydrogens is 254 g/mol. The van der Waals surface area contributed by atoms with E-state index in [-0.39, 0.29) is 5.91 Å². The number of amides is 2. The summed E-state index contributed by atoms with van der Waals surface area (Å²) in [6.45, 7) is 4.54. The lowest BCUT2D eigenvalue weighted by Gasteiger charge is -2.22. The number of benzene rings is 1. The molecule has 4 N–H and O–H groups in total. The zero-order valence-corrected chi connectivity index (χ0v) is 12.3. The second-order valence-corrected chi connectivity index (χ2v) is 5.49. The lowest BCUT2D eigenvalue weighted by Crippen LogP contribution is -2.42. The summed E-state index contributed by atoms with van der Waals surface area (Å²) in [4.78, 5) is 24.7. The molecule has 0 spiro atoms. The van der Waals surface area contributed by atoms with Gasteiger partial charge in [0.15, 0.2) is 0 Å². The van der Waals surface area contributed by atoms with Crippen LogP contribution in [0.2, 0.25) is 0 Å². The monoisotopic (exact) mass is 277 g/mol. The van der Waals surface area contributed by atoms with Crippen molar-refractivity contribution in [2.24, 2.45) is 17.4 Å². The van der Waals surface area contributed by atoms with Crippen molar-refractivity contribution >= 4 is 11.8 Å². The molecule has 0 aliphatic rings. The first kappa shape index (κ1) is 16.2. The van der Waals surface area contributed by atoms with Crippen molar-refractivity contribution in [3.05, 3.63) is 35.4 Å². The average Bonchev–Trinajstić information content (AvgIpc) is 2.37. The number of rotatable bonds is 6. The molecule has 0 saturated heterocycles. The lowest BCUT2D eigenvalue weighted by atomic mass is 10.0. The quantitative estimate of drug-likeness (QED) is 0.816. The van der Waals surface area contributed by atoms with E-state index in [1.165, 1.54) is 0 Å². The number of likely N-dealkylation sites (N-methyl/N-ethyl adjacent to an activating group) is 1. The van der Waals surface area contributed by atoms with Gasteiger partial charge in [-0.25, -0.2) is 0 Å². The molecule has 1 atom stereocenters. The minimum Gasteiger partial charge on any atom is -0.366 e. The third-order valence-electron chi connectivity index (χ3n) is 3.08. The Labute approximate surface area is 119 Å². The Bertz CT molecular complexity index is 469. The van der Waals surface area contributed by atoms with E-state index >= 15 is 0 Å². The summed E-state index contributed by atoms with van der Waals surface area (Å²) in [6.07, 6.45) is 0.670. The van der Waals surface area contributed by atoms with E-state index in [1.807, 2.05) is 13.8 Å². The van der Waals surface area contributed by atoms with Gasteiger partial charge in [-0.05, 0) is 30.0 Å². The number of carbonyl (C=O) groups excluding carboxylic acids is 2. The molecule has 1 rings (SSSR count). The maximum absolute atomic E-state index is 12.1. The predicted molar refractivity (Wildman–Crippen MR) is 78.9 cm³/mol. The number of nitrogens with two attached hydrogens (primary N) is 2. The summed E-state index contributed by atoms with van der Waals surface area (Å²) in [7, 11) is 1.73. The van der Waals surface area contributed by atoms with Gasteiger partial charge in [-0.3, -0.25) is 9.59 Å².